The molecule has 2 unspecified atom stereocenters. The molecule has 0 bridgehead atoms. The molecule has 0 spiro atoms. The van der Waals surface area contributed by atoms with Gasteiger partial charge in [-0.2, -0.15) is 4.99 Å². The lowest BCUT2D eigenvalue weighted by Gasteiger charge is -2.46. The van der Waals surface area contributed by atoms with Crippen LogP contribution in [0.25, 0.3) is 0 Å². The number of hydrogen-bond acceptors (Lipinski definition) is 12. The molecule has 4 aliphatic carbocycles. The maximum atomic E-state index is 14.4. The molecule has 4 saturated carbocycles. The van der Waals surface area contributed by atoms with Gasteiger partial charge in [-0.15, -0.1) is 15.0 Å². The number of fused-ring (bicyclic) bond motifs is 1. The number of likely N-dealkylation sites (tertiary alicyclic amines) is 1. The summed E-state index contributed by atoms with van der Waals surface area (Å²) < 4.78 is 31.4. The fourth-order valence-electron chi connectivity index (χ4n) is 13.7. The molecule has 418 valence electrons. The van der Waals surface area contributed by atoms with Crippen molar-refractivity contribution in [3.05, 3.63) is 0 Å². The van der Waals surface area contributed by atoms with Gasteiger partial charge in [-0.05, 0) is 138 Å². The number of rotatable bonds is 30. The molecule has 13 nitrogen and oxygen atoms in total. The minimum atomic E-state index is -0.860. The lowest BCUT2D eigenvalue weighted by Crippen LogP contribution is -2.43. The zero-order valence-electron chi connectivity index (χ0n) is 47.5. The van der Waals surface area contributed by atoms with Crippen molar-refractivity contribution in [3.8, 4) is 18.0 Å². The Balaban J connectivity index is 0.887. The van der Waals surface area contributed by atoms with Gasteiger partial charge in [0.1, 0.15) is 18.1 Å². The molecule has 0 N–H and O–H groups in total. The number of hydrogen-bond donors (Lipinski definition) is 0. The minimum Gasteiger partial charge on any atom is -0.480 e. The van der Waals surface area contributed by atoms with Crippen LogP contribution in [0.5, 0.6) is 18.0 Å². The summed E-state index contributed by atoms with van der Waals surface area (Å²) in [5, 5.41) is 0. The molecule has 1 saturated heterocycles. The van der Waals surface area contributed by atoms with E-state index in [-0.39, 0.29) is 53.5 Å². The van der Waals surface area contributed by atoms with Crippen LogP contribution in [0.2, 0.25) is 0 Å². The van der Waals surface area contributed by atoms with Crippen LogP contribution >= 0.6 is 0 Å². The zero-order valence-corrected chi connectivity index (χ0v) is 47.5. The highest BCUT2D eigenvalue weighted by atomic mass is 16.5. The minimum absolute atomic E-state index is 0.0309. The van der Waals surface area contributed by atoms with Gasteiger partial charge in [0.25, 0.3) is 5.91 Å². The number of aliphatic imine (C=N–C) groups is 2. The Morgan fingerprint density at radius 2 is 0.946 bits per heavy atom. The largest absolute Gasteiger partial charge is 0.480 e. The van der Waals surface area contributed by atoms with Crippen molar-refractivity contribution in [1.29, 1.82) is 0 Å². The summed E-state index contributed by atoms with van der Waals surface area (Å²) >= 11 is 0. The van der Waals surface area contributed by atoms with E-state index in [0.717, 1.165) is 140 Å². The van der Waals surface area contributed by atoms with Gasteiger partial charge in [0.05, 0.1) is 19.8 Å². The highest BCUT2D eigenvalue weighted by Crippen LogP contribution is 2.49. The normalized spacial score (nSPS) is 28.6. The molecule has 1 aromatic rings. The van der Waals surface area contributed by atoms with Crippen LogP contribution in [0.3, 0.4) is 0 Å². The smallest absolute Gasteiger partial charge is 0.326 e. The second-order valence-electron chi connectivity index (χ2n) is 24.4. The van der Waals surface area contributed by atoms with Crippen LogP contribution in [0.1, 0.15) is 260 Å². The molecule has 2 atom stereocenters. The van der Waals surface area contributed by atoms with Crippen molar-refractivity contribution in [3.63, 3.8) is 0 Å². The first-order valence-corrected chi connectivity index (χ1v) is 31.1. The number of imide groups is 1. The average molecular weight is 1030 g/mol. The second-order valence-corrected chi connectivity index (χ2v) is 24.4. The predicted molar refractivity (Wildman–Crippen MR) is 295 cm³/mol. The van der Waals surface area contributed by atoms with Gasteiger partial charge in [0, 0.05) is 6.04 Å². The maximum absolute atomic E-state index is 14.4. The van der Waals surface area contributed by atoms with Crippen molar-refractivity contribution in [2.45, 2.75) is 284 Å². The number of nitrogens with zero attached hydrogens (tertiary/aromatic N) is 6. The molecule has 2 amide bonds. The van der Waals surface area contributed by atoms with Crippen molar-refractivity contribution < 1.29 is 33.3 Å². The molecule has 3 heterocycles. The Morgan fingerprint density at radius 1 is 0.486 bits per heavy atom. The molecule has 7 rings (SSSR count). The third-order valence-electron chi connectivity index (χ3n) is 18.6. The van der Waals surface area contributed by atoms with Crippen LogP contribution in [0.4, 0.5) is 0 Å². The molecule has 74 heavy (non-hydrogen) atoms. The van der Waals surface area contributed by atoms with E-state index in [1.807, 2.05) is 0 Å². The molecule has 13 heteroatoms. The fraction of sp³-hybridized carbons (Fsp3) is 0.885. The van der Waals surface area contributed by atoms with E-state index in [1.165, 1.54) is 89.9 Å². The highest BCUT2D eigenvalue weighted by Gasteiger charge is 2.56. The summed E-state index contributed by atoms with van der Waals surface area (Å²) in [4.78, 5) is 53.6. The summed E-state index contributed by atoms with van der Waals surface area (Å²) in [5.74, 6) is 2.77. The van der Waals surface area contributed by atoms with Crippen molar-refractivity contribution >= 4 is 23.7 Å². The summed E-state index contributed by atoms with van der Waals surface area (Å²) in [6, 6.07) is 0.141. The van der Waals surface area contributed by atoms with E-state index in [4.69, 9.17) is 33.7 Å². The van der Waals surface area contributed by atoms with Crippen LogP contribution in [-0.2, 0) is 19.1 Å². The van der Waals surface area contributed by atoms with Crippen LogP contribution in [-0.4, -0.2) is 87.7 Å². The number of carbonyl (C=O) groups is 2. The van der Waals surface area contributed by atoms with Gasteiger partial charge in [-0.3, -0.25) is 14.5 Å². The average Bonchev–Trinajstić information content (AvgIpc) is 3.66. The third kappa shape index (κ3) is 17.0. The van der Waals surface area contributed by atoms with E-state index >= 15 is 0 Å². The quantitative estimate of drug-likeness (QED) is 0.0539. The van der Waals surface area contributed by atoms with Crippen LogP contribution in [0, 0.1) is 40.9 Å². The van der Waals surface area contributed by atoms with Crippen LogP contribution in [0.15, 0.2) is 9.98 Å². The Kier molecular flexibility index (Phi) is 23.9. The molecule has 0 aromatic carbocycles. The first kappa shape index (κ1) is 58.2. The van der Waals surface area contributed by atoms with Crippen LogP contribution < -0.4 is 14.2 Å². The topological polar surface area (TPSA) is 147 Å². The summed E-state index contributed by atoms with van der Waals surface area (Å²) in [7, 11) is 0. The number of amides is 2. The molecular formula is C61H102N6O7. The summed E-state index contributed by atoms with van der Waals surface area (Å²) in [5.41, 5.74) is 0.152. The molecule has 6 aliphatic rings. The van der Waals surface area contributed by atoms with Gasteiger partial charge in [-0.25, -0.2) is 4.99 Å². The number of amidine groups is 1. The first-order valence-electron chi connectivity index (χ1n) is 31.1. The predicted octanol–water partition coefficient (Wildman–Crippen LogP) is 14.8. The van der Waals surface area contributed by atoms with E-state index < -0.39 is 12.0 Å². The van der Waals surface area contributed by atoms with Crippen molar-refractivity contribution in [2.24, 2.45) is 50.9 Å². The molecule has 0 radical (unpaired) electrons. The van der Waals surface area contributed by atoms with E-state index in [1.54, 1.807) is 4.90 Å². The number of aromatic nitrogens is 3. The van der Waals surface area contributed by atoms with Gasteiger partial charge in [0.2, 0.25) is 11.8 Å². The molecular weight excluding hydrogens is 929 g/mol. The molecule has 5 fully saturated rings. The SMILES string of the molecule is CCCCCCOC1=NC(OC2CCC(C(C)(C)C3CCC(Oc4nc(OCCCCCC)nc(OCCCCCC)n4)CC3)CC2)=NC2C(=O)N(C3CCC(CC4CCC(CCCCCC)CC4)CC3)C(=O)C12. The first-order chi connectivity index (χ1) is 36.1. The monoisotopic (exact) mass is 1030 g/mol. The lowest BCUT2D eigenvalue weighted by molar-refractivity contribution is -0.142. The number of unbranched alkanes of at least 4 members (excludes halogenated alkanes) is 12. The van der Waals surface area contributed by atoms with Gasteiger partial charge in [-0.1, -0.05) is 157 Å². The lowest BCUT2D eigenvalue weighted by atomic mass is 9.60. The summed E-state index contributed by atoms with van der Waals surface area (Å²) in [6.07, 6.45) is 38.8. The highest BCUT2D eigenvalue weighted by molar-refractivity contribution is 6.19. The Bertz CT molecular complexity index is 1850. The third-order valence-corrected chi connectivity index (χ3v) is 18.6. The van der Waals surface area contributed by atoms with Crippen molar-refractivity contribution in [1.82, 2.24) is 19.9 Å². The maximum Gasteiger partial charge on any atom is 0.326 e. The van der Waals surface area contributed by atoms with Gasteiger partial charge in [0.15, 0.2) is 6.04 Å². The molecule has 1 aromatic heterocycles. The van der Waals surface area contributed by atoms with Gasteiger partial charge >= 0.3 is 24.1 Å². The standard InChI is InChI=1S/C61H102N6O7/c1-7-11-15-19-23-44-24-26-45(27-25-44)43-46-28-34-49(35-29-46)67-55(68)52-53(56(67)69)62-59(63-54(52)70-40-20-16-12-8-2)73-50-36-30-47(31-37-50)61(5,6)48-32-38-51(39-33-48)74-60-65-57(71-41-21-17-13-9-3)64-58(66-60)72-42-22-18-14-10-4/h44-53H,7-43H2,1-6H3. The Labute approximate surface area is 448 Å². The molecule has 2 aliphatic heterocycles. The van der Waals surface area contributed by atoms with E-state index in [9.17, 15) is 9.59 Å². The zero-order chi connectivity index (χ0) is 52.1. The summed E-state index contributed by atoms with van der Waals surface area (Å²) in [6.45, 7) is 15.4. The van der Waals surface area contributed by atoms with E-state index in [0.29, 0.717) is 49.5 Å². The second kappa shape index (κ2) is 30.4. The van der Waals surface area contributed by atoms with Gasteiger partial charge < -0.3 is 23.7 Å². The number of carbonyl (C=O) groups excluding carboxylic acids is 2. The van der Waals surface area contributed by atoms with Crippen molar-refractivity contribution in [2.75, 3.05) is 19.8 Å². The number of ether oxygens (including phenoxy) is 5. The Morgan fingerprint density at radius 3 is 1.47 bits per heavy atom. The fourth-order valence-corrected chi connectivity index (χ4v) is 13.7. The Hall–Kier alpha value is -3.51. The van der Waals surface area contributed by atoms with E-state index in [2.05, 4.69) is 56.5 Å².